The Morgan fingerprint density at radius 3 is 2.45 bits per heavy atom. The van der Waals surface area contributed by atoms with Crippen LogP contribution in [0.4, 0.5) is 0 Å². The normalized spacial score (nSPS) is 18.6. The third kappa shape index (κ3) is 3.63. The first-order chi connectivity index (χ1) is 9.59. The molecule has 0 spiro atoms. The lowest BCUT2D eigenvalue weighted by molar-refractivity contribution is -0.126. The molecule has 0 radical (unpaired) electrons. The van der Waals surface area contributed by atoms with E-state index in [9.17, 15) is 4.79 Å². The number of aromatic nitrogens is 1. The van der Waals surface area contributed by atoms with E-state index in [4.69, 9.17) is 0 Å². The maximum absolute atomic E-state index is 12.3. The molecule has 1 aromatic heterocycles. The summed E-state index contributed by atoms with van der Waals surface area (Å²) in [5, 5.41) is 3.07. The highest BCUT2D eigenvalue weighted by Crippen LogP contribution is 2.13. The molecule has 1 amide bonds. The third-order valence-electron chi connectivity index (χ3n) is 4.49. The molecule has 20 heavy (non-hydrogen) atoms. The van der Waals surface area contributed by atoms with E-state index in [2.05, 4.69) is 33.8 Å². The van der Waals surface area contributed by atoms with E-state index in [0.29, 0.717) is 6.54 Å². The molecule has 4 nitrogen and oxygen atoms in total. The van der Waals surface area contributed by atoms with E-state index in [1.165, 1.54) is 31.4 Å². The van der Waals surface area contributed by atoms with Gasteiger partial charge in [0.25, 0.3) is 0 Å². The van der Waals surface area contributed by atoms with Crippen LogP contribution in [0.5, 0.6) is 0 Å². The van der Waals surface area contributed by atoms with Crippen molar-refractivity contribution in [1.29, 1.82) is 0 Å². The molecule has 1 fully saturated rings. The summed E-state index contributed by atoms with van der Waals surface area (Å²) in [7, 11) is 2.04. The van der Waals surface area contributed by atoms with Crippen LogP contribution in [0, 0.1) is 6.92 Å². The highest BCUT2D eigenvalue weighted by molar-refractivity contribution is 5.81. The fraction of sp³-hybridized carbons (Fsp3) is 0.688. The highest BCUT2D eigenvalue weighted by Gasteiger charge is 2.21. The van der Waals surface area contributed by atoms with E-state index in [-0.39, 0.29) is 11.9 Å². The number of carbonyl (C=O) groups is 1. The van der Waals surface area contributed by atoms with Crippen LogP contribution in [0.2, 0.25) is 0 Å². The van der Waals surface area contributed by atoms with Gasteiger partial charge in [0.2, 0.25) is 5.91 Å². The largest absolute Gasteiger partial charge is 0.350 e. The number of likely N-dealkylation sites (tertiary alicyclic amines) is 1. The van der Waals surface area contributed by atoms with Crippen molar-refractivity contribution in [2.75, 3.05) is 13.1 Å². The first-order valence-corrected chi connectivity index (χ1v) is 7.72. The molecular weight excluding hydrogens is 250 g/mol. The molecule has 1 saturated heterocycles. The van der Waals surface area contributed by atoms with Gasteiger partial charge < -0.3 is 9.88 Å². The molecule has 1 aliphatic heterocycles. The monoisotopic (exact) mass is 277 g/mol. The van der Waals surface area contributed by atoms with Gasteiger partial charge in [-0.25, -0.2) is 0 Å². The second kappa shape index (κ2) is 6.93. The molecule has 1 aromatic rings. The zero-order chi connectivity index (χ0) is 14.5. The van der Waals surface area contributed by atoms with Crippen LogP contribution in [0.3, 0.4) is 0 Å². The Bertz CT molecular complexity index is 445. The van der Waals surface area contributed by atoms with E-state index < -0.39 is 0 Å². The van der Waals surface area contributed by atoms with E-state index in [1.54, 1.807) is 0 Å². The number of rotatable bonds is 4. The molecule has 112 valence electrons. The first-order valence-electron chi connectivity index (χ1n) is 7.72. The Morgan fingerprint density at radius 1 is 1.25 bits per heavy atom. The molecule has 0 saturated carbocycles. The zero-order valence-electron chi connectivity index (χ0n) is 13.0. The fourth-order valence-corrected chi connectivity index (χ4v) is 2.82. The van der Waals surface area contributed by atoms with Crippen LogP contribution in [-0.2, 0) is 18.4 Å². The van der Waals surface area contributed by atoms with Crippen molar-refractivity contribution in [3.05, 3.63) is 23.5 Å². The summed E-state index contributed by atoms with van der Waals surface area (Å²) in [6, 6.07) is 4.14. The van der Waals surface area contributed by atoms with Gasteiger partial charge in [-0.15, -0.1) is 0 Å². The minimum atomic E-state index is -0.0190. The summed E-state index contributed by atoms with van der Waals surface area (Å²) in [5.41, 5.74) is 2.37. The van der Waals surface area contributed by atoms with Gasteiger partial charge in [0, 0.05) is 18.4 Å². The third-order valence-corrected chi connectivity index (χ3v) is 4.49. The van der Waals surface area contributed by atoms with Crippen molar-refractivity contribution >= 4 is 5.91 Å². The quantitative estimate of drug-likeness (QED) is 0.916. The molecule has 0 aromatic carbocycles. The highest BCUT2D eigenvalue weighted by atomic mass is 16.2. The molecule has 1 aliphatic rings. The lowest BCUT2D eigenvalue weighted by Crippen LogP contribution is -2.45. The van der Waals surface area contributed by atoms with Crippen LogP contribution in [-0.4, -0.2) is 34.5 Å². The number of amides is 1. The molecule has 2 rings (SSSR count). The van der Waals surface area contributed by atoms with Crippen molar-refractivity contribution in [3.63, 3.8) is 0 Å². The minimum Gasteiger partial charge on any atom is -0.350 e. The van der Waals surface area contributed by atoms with Crippen LogP contribution in [0.1, 0.15) is 44.0 Å². The Balaban J connectivity index is 1.85. The number of carbonyl (C=O) groups excluding carboxylic acids is 1. The number of nitrogens with one attached hydrogen (secondary N) is 1. The Hall–Kier alpha value is -1.29. The average Bonchev–Trinajstić information content (AvgIpc) is 2.67. The van der Waals surface area contributed by atoms with Gasteiger partial charge in [-0.05, 0) is 51.9 Å². The molecular formula is C16H27N3O. The number of hydrogen-bond acceptors (Lipinski definition) is 2. The average molecular weight is 277 g/mol. The summed E-state index contributed by atoms with van der Waals surface area (Å²) in [5.74, 6) is 0.144. The lowest BCUT2D eigenvalue weighted by Gasteiger charge is -2.26. The van der Waals surface area contributed by atoms with Crippen LogP contribution >= 0.6 is 0 Å². The maximum Gasteiger partial charge on any atom is 0.237 e. The van der Waals surface area contributed by atoms with E-state index >= 15 is 0 Å². The molecule has 0 aliphatic carbocycles. The van der Waals surface area contributed by atoms with Crippen molar-refractivity contribution in [2.24, 2.45) is 7.05 Å². The lowest BCUT2D eigenvalue weighted by atomic mass is 10.2. The van der Waals surface area contributed by atoms with E-state index in [1.807, 2.05) is 14.0 Å². The molecule has 1 atom stereocenters. The van der Waals surface area contributed by atoms with Gasteiger partial charge in [-0.3, -0.25) is 9.69 Å². The van der Waals surface area contributed by atoms with Gasteiger partial charge in [0.1, 0.15) is 0 Å². The van der Waals surface area contributed by atoms with Crippen LogP contribution < -0.4 is 5.32 Å². The van der Waals surface area contributed by atoms with Gasteiger partial charge in [-0.2, -0.15) is 0 Å². The number of aryl methyl sites for hydroxylation is 1. The van der Waals surface area contributed by atoms with Crippen molar-refractivity contribution in [2.45, 2.75) is 52.1 Å². The first kappa shape index (κ1) is 15.1. The van der Waals surface area contributed by atoms with Crippen molar-refractivity contribution < 1.29 is 4.79 Å². The Kier molecular flexibility index (Phi) is 5.24. The smallest absolute Gasteiger partial charge is 0.237 e. The van der Waals surface area contributed by atoms with Crippen LogP contribution in [0.25, 0.3) is 0 Å². The number of hydrogen-bond donors (Lipinski definition) is 1. The van der Waals surface area contributed by atoms with Crippen LogP contribution in [0.15, 0.2) is 12.1 Å². The summed E-state index contributed by atoms with van der Waals surface area (Å²) in [6.07, 6.45) is 5.03. The molecule has 4 heteroatoms. The summed E-state index contributed by atoms with van der Waals surface area (Å²) >= 11 is 0. The van der Waals surface area contributed by atoms with Gasteiger partial charge >= 0.3 is 0 Å². The zero-order valence-corrected chi connectivity index (χ0v) is 13.0. The maximum atomic E-state index is 12.3. The fourth-order valence-electron chi connectivity index (χ4n) is 2.82. The van der Waals surface area contributed by atoms with E-state index in [0.717, 1.165) is 18.8 Å². The predicted molar refractivity (Wildman–Crippen MR) is 81.5 cm³/mol. The molecule has 2 heterocycles. The van der Waals surface area contributed by atoms with Crippen molar-refractivity contribution in [1.82, 2.24) is 14.8 Å². The Labute approximate surface area is 122 Å². The Morgan fingerprint density at radius 2 is 1.90 bits per heavy atom. The molecule has 0 bridgehead atoms. The van der Waals surface area contributed by atoms with Gasteiger partial charge in [-0.1, -0.05) is 12.8 Å². The number of nitrogens with zero attached hydrogens (tertiary/aromatic N) is 2. The second-order valence-corrected chi connectivity index (χ2v) is 5.87. The SMILES string of the molecule is Cc1ccc(CNC(=O)[C@@H](C)N2CCCCCC2)n1C. The topological polar surface area (TPSA) is 37.3 Å². The molecule has 0 unspecified atom stereocenters. The van der Waals surface area contributed by atoms with Gasteiger partial charge in [0.15, 0.2) is 0 Å². The minimum absolute atomic E-state index is 0.0190. The summed E-state index contributed by atoms with van der Waals surface area (Å²) in [4.78, 5) is 14.6. The summed E-state index contributed by atoms with van der Waals surface area (Å²) in [6.45, 7) is 6.82. The predicted octanol–water partition coefficient (Wildman–Crippen LogP) is 2.21. The second-order valence-electron chi connectivity index (χ2n) is 5.87. The molecule has 1 N–H and O–H groups in total. The summed E-state index contributed by atoms with van der Waals surface area (Å²) < 4.78 is 2.12. The van der Waals surface area contributed by atoms with Crippen molar-refractivity contribution in [3.8, 4) is 0 Å². The standard InChI is InChI=1S/C16H27N3O/c1-13-8-9-15(18(13)3)12-17-16(20)14(2)19-10-6-4-5-7-11-19/h8-9,14H,4-7,10-12H2,1-3H3,(H,17,20)/t14-/m1/s1. The van der Waals surface area contributed by atoms with Gasteiger partial charge in [0.05, 0.1) is 12.6 Å².